The molecule has 1 amide bonds. The van der Waals surface area contributed by atoms with Crippen LogP contribution in [0.5, 0.6) is 0 Å². The van der Waals surface area contributed by atoms with E-state index in [-0.39, 0.29) is 5.91 Å². The number of benzene rings is 2. The van der Waals surface area contributed by atoms with Crippen molar-refractivity contribution in [2.24, 2.45) is 0 Å². The van der Waals surface area contributed by atoms with Crippen LogP contribution in [0.4, 0.5) is 17.1 Å². The molecule has 4 nitrogen and oxygen atoms in total. The standard InChI is InChI=1S/C19H16ClN3O/c1-13-4-2-3-5-18(13)23-19(24)14-10-17(12-21-11-14)22-16-8-6-15(20)7-9-16/h2-12,22H,1H3,(H,23,24). The molecule has 0 fully saturated rings. The third-order valence-electron chi connectivity index (χ3n) is 3.53. The SMILES string of the molecule is Cc1ccccc1NC(=O)c1cncc(Nc2ccc(Cl)cc2)c1. The summed E-state index contributed by atoms with van der Waals surface area (Å²) in [6.45, 7) is 1.95. The molecular formula is C19H16ClN3O. The van der Waals surface area contributed by atoms with E-state index in [2.05, 4.69) is 15.6 Å². The molecule has 0 aliphatic carbocycles. The average molecular weight is 338 g/mol. The Labute approximate surface area is 145 Å². The highest BCUT2D eigenvalue weighted by molar-refractivity contribution is 6.30. The van der Waals surface area contributed by atoms with E-state index in [0.29, 0.717) is 10.6 Å². The molecule has 120 valence electrons. The first kappa shape index (κ1) is 16.0. The van der Waals surface area contributed by atoms with Crippen molar-refractivity contribution in [2.75, 3.05) is 10.6 Å². The predicted molar refractivity (Wildman–Crippen MR) is 98.1 cm³/mol. The van der Waals surface area contributed by atoms with Crippen LogP contribution in [0.25, 0.3) is 0 Å². The van der Waals surface area contributed by atoms with Gasteiger partial charge in [-0.05, 0) is 48.9 Å². The fourth-order valence-electron chi connectivity index (χ4n) is 2.24. The molecule has 3 rings (SSSR count). The third kappa shape index (κ3) is 3.91. The zero-order valence-corrected chi connectivity index (χ0v) is 13.8. The molecule has 2 N–H and O–H groups in total. The molecule has 5 heteroatoms. The summed E-state index contributed by atoms with van der Waals surface area (Å²) in [5, 5.41) is 6.77. The maximum absolute atomic E-state index is 12.4. The summed E-state index contributed by atoms with van der Waals surface area (Å²) in [6, 6.07) is 16.7. The first-order chi connectivity index (χ1) is 11.6. The van der Waals surface area contributed by atoms with Gasteiger partial charge in [-0.15, -0.1) is 0 Å². The Morgan fingerprint density at radius 3 is 2.50 bits per heavy atom. The molecule has 24 heavy (non-hydrogen) atoms. The number of aromatic nitrogens is 1. The molecule has 0 unspecified atom stereocenters. The Balaban J connectivity index is 1.76. The number of aryl methyl sites for hydroxylation is 1. The van der Waals surface area contributed by atoms with E-state index in [1.807, 2.05) is 43.3 Å². The third-order valence-corrected chi connectivity index (χ3v) is 3.78. The van der Waals surface area contributed by atoms with E-state index in [9.17, 15) is 4.79 Å². The number of nitrogens with zero attached hydrogens (tertiary/aromatic N) is 1. The number of carbonyl (C=O) groups excluding carboxylic acids is 1. The van der Waals surface area contributed by atoms with Crippen LogP contribution < -0.4 is 10.6 Å². The second-order valence-corrected chi connectivity index (χ2v) is 5.80. The van der Waals surface area contributed by atoms with Crippen molar-refractivity contribution in [3.8, 4) is 0 Å². The summed E-state index contributed by atoms with van der Waals surface area (Å²) in [5.74, 6) is -0.198. The highest BCUT2D eigenvalue weighted by atomic mass is 35.5. The topological polar surface area (TPSA) is 54.0 Å². The van der Waals surface area contributed by atoms with Gasteiger partial charge in [0.2, 0.25) is 0 Å². The lowest BCUT2D eigenvalue weighted by molar-refractivity contribution is 0.102. The zero-order valence-electron chi connectivity index (χ0n) is 13.1. The van der Waals surface area contributed by atoms with Crippen LogP contribution in [-0.4, -0.2) is 10.9 Å². The van der Waals surface area contributed by atoms with Crippen molar-refractivity contribution in [2.45, 2.75) is 6.92 Å². The molecule has 0 aliphatic rings. The molecule has 0 saturated heterocycles. The van der Waals surface area contributed by atoms with Crippen LogP contribution in [0.3, 0.4) is 0 Å². The van der Waals surface area contributed by atoms with Crippen LogP contribution in [0, 0.1) is 6.92 Å². The van der Waals surface area contributed by atoms with E-state index >= 15 is 0 Å². The lowest BCUT2D eigenvalue weighted by atomic mass is 10.2. The van der Waals surface area contributed by atoms with Crippen molar-refractivity contribution in [3.05, 3.63) is 83.1 Å². The summed E-state index contributed by atoms with van der Waals surface area (Å²) in [5.41, 5.74) is 3.89. The Hall–Kier alpha value is -2.85. The van der Waals surface area contributed by atoms with Gasteiger partial charge in [-0.25, -0.2) is 0 Å². The van der Waals surface area contributed by atoms with Gasteiger partial charge in [0.1, 0.15) is 0 Å². The zero-order chi connectivity index (χ0) is 16.9. The van der Waals surface area contributed by atoms with Crippen molar-refractivity contribution in [3.63, 3.8) is 0 Å². The van der Waals surface area contributed by atoms with Gasteiger partial charge in [-0.2, -0.15) is 0 Å². The monoisotopic (exact) mass is 337 g/mol. The molecule has 3 aromatic rings. The highest BCUT2D eigenvalue weighted by Crippen LogP contribution is 2.20. The molecular weight excluding hydrogens is 322 g/mol. The first-order valence-electron chi connectivity index (χ1n) is 7.46. The molecule has 0 bridgehead atoms. The largest absolute Gasteiger partial charge is 0.354 e. The smallest absolute Gasteiger partial charge is 0.257 e. The van der Waals surface area contributed by atoms with Gasteiger partial charge < -0.3 is 10.6 Å². The van der Waals surface area contributed by atoms with E-state index in [0.717, 1.165) is 22.6 Å². The number of hydrogen-bond donors (Lipinski definition) is 2. The Morgan fingerprint density at radius 1 is 1.00 bits per heavy atom. The number of para-hydroxylation sites is 1. The number of anilines is 3. The van der Waals surface area contributed by atoms with Crippen LogP contribution in [0.1, 0.15) is 15.9 Å². The van der Waals surface area contributed by atoms with Gasteiger partial charge in [0.05, 0.1) is 17.4 Å². The number of pyridine rings is 1. The van der Waals surface area contributed by atoms with Crippen LogP contribution >= 0.6 is 11.6 Å². The minimum Gasteiger partial charge on any atom is -0.354 e. The van der Waals surface area contributed by atoms with E-state index in [1.165, 1.54) is 0 Å². The van der Waals surface area contributed by atoms with Gasteiger partial charge in [-0.1, -0.05) is 29.8 Å². The number of amides is 1. The maximum Gasteiger partial charge on any atom is 0.257 e. The van der Waals surface area contributed by atoms with Gasteiger partial charge >= 0.3 is 0 Å². The fraction of sp³-hybridized carbons (Fsp3) is 0.0526. The van der Waals surface area contributed by atoms with Crippen molar-refractivity contribution in [1.29, 1.82) is 0 Å². The van der Waals surface area contributed by atoms with Gasteiger partial charge in [0, 0.05) is 22.6 Å². The maximum atomic E-state index is 12.4. The normalized spacial score (nSPS) is 10.2. The lowest BCUT2D eigenvalue weighted by Crippen LogP contribution is -2.13. The summed E-state index contributed by atoms with van der Waals surface area (Å²) in [4.78, 5) is 16.6. The molecule has 2 aromatic carbocycles. The molecule has 0 spiro atoms. The number of hydrogen-bond acceptors (Lipinski definition) is 3. The van der Waals surface area contributed by atoms with E-state index < -0.39 is 0 Å². The quantitative estimate of drug-likeness (QED) is 0.701. The molecule has 1 heterocycles. The average Bonchev–Trinajstić information content (AvgIpc) is 2.59. The van der Waals surface area contributed by atoms with Gasteiger partial charge in [0.25, 0.3) is 5.91 Å². The van der Waals surface area contributed by atoms with E-state index in [4.69, 9.17) is 11.6 Å². The predicted octanol–water partition coefficient (Wildman–Crippen LogP) is 5.04. The van der Waals surface area contributed by atoms with Crippen molar-refractivity contribution >= 4 is 34.6 Å². The minimum absolute atomic E-state index is 0.198. The highest BCUT2D eigenvalue weighted by Gasteiger charge is 2.09. The number of carbonyl (C=O) groups is 1. The summed E-state index contributed by atoms with van der Waals surface area (Å²) >= 11 is 5.88. The minimum atomic E-state index is -0.198. The second-order valence-electron chi connectivity index (χ2n) is 5.36. The van der Waals surface area contributed by atoms with Crippen molar-refractivity contribution in [1.82, 2.24) is 4.98 Å². The summed E-state index contributed by atoms with van der Waals surface area (Å²) in [7, 11) is 0. The second kappa shape index (κ2) is 7.15. The number of rotatable bonds is 4. The van der Waals surface area contributed by atoms with E-state index in [1.54, 1.807) is 30.6 Å². The van der Waals surface area contributed by atoms with Crippen LogP contribution in [0.2, 0.25) is 5.02 Å². The molecule has 0 atom stereocenters. The molecule has 0 radical (unpaired) electrons. The van der Waals surface area contributed by atoms with Crippen LogP contribution in [0.15, 0.2) is 67.0 Å². The fourth-order valence-corrected chi connectivity index (χ4v) is 2.37. The number of halogens is 1. The van der Waals surface area contributed by atoms with Crippen LogP contribution in [-0.2, 0) is 0 Å². The Kier molecular flexibility index (Phi) is 4.77. The lowest BCUT2D eigenvalue weighted by Gasteiger charge is -2.10. The summed E-state index contributed by atoms with van der Waals surface area (Å²) < 4.78 is 0. The first-order valence-corrected chi connectivity index (χ1v) is 7.84. The summed E-state index contributed by atoms with van der Waals surface area (Å²) in [6.07, 6.45) is 3.21. The van der Waals surface area contributed by atoms with Gasteiger partial charge in [0.15, 0.2) is 0 Å². The molecule has 0 saturated carbocycles. The van der Waals surface area contributed by atoms with Crippen molar-refractivity contribution < 1.29 is 4.79 Å². The Morgan fingerprint density at radius 2 is 1.75 bits per heavy atom. The Bertz CT molecular complexity index is 862. The number of nitrogens with one attached hydrogen (secondary N) is 2. The van der Waals surface area contributed by atoms with Gasteiger partial charge in [-0.3, -0.25) is 9.78 Å². The molecule has 1 aromatic heterocycles. The molecule has 0 aliphatic heterocycles.